The predicted octanol–water partition coefficient (Wildman–Crippen LogP) is 4.08. The molecule has 0 radical (unpaired) electrons. The number of piperidine rings is 1. The molecule has 0 aliphatic carbocycles. The summed E-state index contributed by atoms with van der Waals surface area (Å²) in [5, 5.41) is 0. The fraction of sp³-hybridized carbons (Fsp3) is 0.483. The van der Waals surface area contributed by atoms with Crippen molar-refractivity contribution in [2.75, 3.05) is 37.7 Å². The quantitative estimate of drug-likeness (QED) is 0.589. The number of benzene rings is 2. The van der Waals surface area contributed by atoms with E-state index < -0.39 is 5.54 Å². The van der Waals surface area contributed by atoms with E-state index in [0.717, 1.165) is 61.7 Å². The van der Waals surface area contributed by atoms with Crippen LogP contribution in [0.3, 0.4) is 0 Å². The first-order valence-corrected chi connectivity index (χ1v) is 13.1. The Kier molecular flexibility index (Phi) is 6.84. The monoisotopic (exact) mass is 488 g/mol. The molecule has 1 fully saturated rings. The lowest BCUT2D eigenvalue weighted by Gasteiger charge is -2.40. The summed E-state index contributed by atoms with van der Waals surface area (Å²) in [5.74, 6) is 1.97. The fourth-order valence-electron chi connectivity index (χ4n) is 5.69. The molecule has 2 amide bonds. The number of para-hydroxylation sites is 2. The summed E-state index contributed by atoms with van der Waals surface area (Å²) < 4.78 is 5.61. The number of anilines is 1. The zero-order valence-corrected chi connectivity index (χ0v) is 21.5. The Balaban J connectivity index is 1.17. The van der Waals surface area contributed by atoms with Gasteiger partial charge >= 0.3 is 0 Å². The second kappa shape index (κ2) is 10.1. The molecular formula is C29H36N4O3. The van der Waals surface area contributed by atoms with Crippen LogP contribution in [0.2, 0.25) is 0 Å². The third-order valence-corrected chi connectivity index (χ3v) is 7.65. The lowest BCUT2D eigenvalue weighted by atomic mass is 9.92. The molecule has 3 heterocycles. The van der Waals surface area contributed by atoms with E-state index in [-0.39, 0.29) is 30.4 Å². The number of rotatable bonds is 7. The van der Waals surface area contributed by atoms with Gasteiger partial charge in [0, 0.05) is 31.6 Å². The molecule has 7 heteroatoms. The molecule has 0 N–H and O–H groups in total. The van der Waals surface area contributed by atoms with Crippen LogP contribution in [0.25, 0.3) is 0 Å². The molecule has 3 aliphatic rings. The van der Waals surface area contributed by atoms with Gasteiger partial charge in [0.25, 0.3) is 11.8 Å². The van der Waals surface area contributed by atoms with Crippen LogP contribution in [0.4, 0.5) is 5.69 Å². The van der Waals surface area contributed by atoms with Gasteiger partial charge in [0.05, 0.1) is 5.69 Å². The number of hydrogen-bond donors (Lipinski definition) is 0. The fourth-order valence-corrected chi connectivity index (χ4v) is 5.69. The van der Waals surface area contributed by atoms with Crippen molar-refractivity contribution in [2.24, 2.45) is 10.9 Å². The summed E-state index contributed by atoms with van der Waals surface area (Å²) >= 11 is 0. The van der Waals surface area contributed by atoms with Crippen molar-refractivity contribution in [3.63, 3.8) is 0 Å². The second-order valence-electron chi connectivity index (χ2n) is 10.5. The van der Waals surface area contributed by atoms with Gasteiger partial charge in [-0.1, -0.05) is 56.3 Å². The van der Waals surface area contributed by atoms with E-state index in [0.29, 0.717) is 6.54 Å². The van der Waals surface area contributed by atoms with Crippen LogP contribution in [-0.2, 0) is 15.1 Å². The van der Waals surface area contributed by atoms with Crippen molar-refractivity contribution in [1.82, 2.24) is 9.80 Å². The van der Waals surface area contributed by atoms with Gasteiger partial charge in [-0.25, -0.2) is 0 Å². The standard InChI is InChI=1S/C29H36N4O3/c1-21(2)27-30-29(3,22-10-5-4-6-11-22)28(35)32(27)17-9-16-31-18-14-23(15-19-31)33-24-12-7-8-13-25(24)36-20-26(33)34/h4-8,10-13,21,23H,9,14-20H2,1-3H3. The highest BCUT2D eigenvalue weighted by atomic mass is 16.5. The number of aliphatic imine (C=N–C) groups is 1. The first-order chi connectivity index (χ1) is 17.4. The number of likely N-dealkylation sites (tertiary alicyclic amines) is 1. The first-order valence-electron chi connectivity index (χ1n) is 13.1. The van der Waals surface area contributed by atoms with Gasteiger partial charge in [0.15, 0.2) is 12.1 Å². The highest BCUT2D eigenvalue weighted by Gasteiger charge is 2.46. The van der Waals surface area contributed by atoms with Crippen molar-refractivity contribution in [1.29, 1.82) is 0 Å². The lowest BCUT2D eigenvalue weighted by molar-refractivity contribution is -0.131. The van der Waals surface area contributed by atoms with Crippen molar-refractivity contribution in [3.8, 4) is 5.75 Å². The molecule has 0 saturated carbocycles. The van der Waals surface area contributed by atoms with Gasteiger partial charge in [0.2, 0.25) is 0 Å². The van der Waals surface area contributed by atoms with Crippen molar-refractivity contribution < 1.29 is 14.3 Å². The van der Waals surface area contributed by atoms with Gasteiger partial charge in [-0.05, 0) is 50.4 Å². The van der Waals surface area contributed by atoms with Gasteiger partial charge in [-0.3, -0.25) is 19.5 Å². The third-order valence-electron chi connectivity index (χ3n) is 7.65. The minimum absolute atomic E-state index is 0.0432. The third kappa shape index (κ3) is 4.52. The summed E-state index contributed by atoms with van der Waals surface area (Å²) in [6, 6.07) is 17.9. The Labute approximate surface area is 213 Å². The highest BCUT2D eigenvalue weighted by Crippen LogP contribution is 2.36. The minimum atomic E-state index is -0.847. The highest BCUT2D eigenvalue weighted by molar-refractivity contribution is 6.09. The van der Waals surface area contributed by atoms with Crippen LogP contribution in [0, 0.1) is 5.92 Å². The van der Waals surface area contributed by atoms with E-state index in [2.05, 4.69) is 18.7 Å². The molecule has 1 atom stereocenters. The molecule has 1 saturated heterocycles. The molecule has 5 rings (SSSR count). The van der Waals surface area contributed by atoms with Crippen LogP contribution >= 0.6 is 0 Å². The number of hydrogen-bond acceptors (Lipinski definition) is 5. The molecule has 0 bridgehead atoms. The summed E-state index contributed by atoms with van der Waals surface area (Å²) in [4.78, 5) is 37.4. The van der Waals surface area contributed by atoms with E-state index >= 15 is 0 Å². The summed E-state index contributed by atoms with van der Waals surface area (Å²) in [6.45, 7) is 9.74. The second-order valence-corrected chi connectivity index (χ2v) is 10.5. The Morgan fingerprint density at radius 1 is 1.00 bits per heavy atom. The average molecular weight is 489 g/mol. The SMILES string of the molecule is CC(C)C1=NC(C)(c2ccccc2)C(=O)N1CCCN1CCC(N2C(=O)COc3ccccc32)CC1. The Hall–Kier alpha value is -3.19. The van der Waals surface area contributed by atoms with Crippen LogP contribution in [0.5, 0.6) is 5.75 Å². The van der Waals surface area contributed by atoms with Crippen LogP contribution < -0.4 is 9.64 Å². The zero-order valence-electron chi connectivity index (χ0n) is 21.5. The zero-order chi connectivity index (χ0) is 25.3. The van der Waals surface area contributed by atoms with Gasteiger partial charge in [-0.15, -0.1) is 0 Å². The number of carbonyl (C=O) groups excluding carboxylic acids is 2. The predicted molar refractivity (Wildman–Crippen MR) is 141 cm³/mol. The number of fused-ring (bicyclic) bond motifs is 1. The van der Waals surface area contributed by atoms with E-state index in [4.69, 9.17) is 9.73 Å². The van der Waals surface area contributed by atoms with Crippen molar-refractivity contribution in [3.05, 3.63) is 60.2 Å². The first kappa shape index (κ1) is 24.5. The Morgan fingerprint density at radius 2 is 1.69 bits per heavy atom. The Bertz CT molecular complexity index is 1140. The number of ether oxygens (including phenoxy) is 1. The molecule has 1 unspecified atom stereocenters. The smallest absolute Gasteiger partial charge is 0.265 e. The average Bonchev–Trinajstić information content (AvgIpc) is 3.16. The van der Waals surface area contributed by atoms with Crippen LogP contribution in [-0.4, -0.2) is 66.3 Å². The summed E-state index contributed by atoms with van der Waals surface area (Å²) in [7, 11) is 0. The molecular weight excluding hydrogens is 452 g/mol. The maximum absolute atomic E-state index is 13.5. The van der Waals surface area contributed by atoms with Crippen LogP contribution in [0.15, 0.2) is 59.6 Å². The molecule has 7 nitrogen and oxygen atoms in total. The molecule has 190 valence electrons. The molecule has 0 spiro atoms. The topological polar surface area (TPSA) is 65.5 Å². The molecule has 0 aromatic heterocycles. The van der Waals surface area contributed by atoms with Gasteiger partial charge < -0.3 is 14.5 Å². The number of amidine groups is 1. The molecule has 2 aromatic carbocycles. The molecule has 3 aliphatic heterocycles. The lowest BCUT2D eigenvalue weighted by Crippen LogP contribution is -2.51. The van der Waals surface area contributed by atoms with Crippen LogP contribution in [0.1, 0.15) is 45.6 Å². The normalized spacial score (nSPS) is 23.2. The maximum Gasteiger partial charge on any atom is 0.265 e. The Morgan fingerprint density at radius 3 is 2.42 bits per heavy atom. The van der Waals surface area contributed by atoms with E-state index in [1.54, 1.807) is 0 Å². The van der Waals surface area contributed by atoms with Crippen molar-refractivity contribution >= 4 is 23.3 Å². The number of carbonyl (C=O) groups is 2. The maximum atomic E-state index is 13.5. The van der Waals surface area contributed by atoms with E-state index in [9.17, 15) is 9.59 Å². The largest absolute Gasteiger partial charge is 0.482 e. The number of amides is 2. The minimum Gasteiger partial charge on any atom is -0.482 e. The van der Waals surface area contributed by atoms with Gasteiger partial charge in [0.1, 0.15) is 11.6 Å². The van der Waals surface area contributed by atoms with Crippen molar-refractivity contribution in [2.45, 2.75) is 51.6 Å². The van der Waals surface area contributed by atoms with E-state index in [1.807, 2.05) is 71.3 Å². The summed E-state index contributed by atoms with van der Waals surface area (Å²) in [6.07, 6.45) is 2.77. The molecule has 36 heavy (non-hydrogen) atoms. The van der Waals surface area contributed by atoms with Gasteiger partial charge in [-0.2, -0.15) is 0 Å². The summed E-state index contributed by atoms with van der Waals surface area (Å²) in [5.41, 5.74) is 0.985. The van der Waals surface area contributed by atoms with E-state index in [1.165, 1.54) is 0 Å². The molecule has 2 aromatic rings. The number of nitrogens with zero attached hydrogens (tertiary/aromatic N) is 4.